The van der Waals surface area contributed by atoms with E-state index >= 15 is 0 Å². The number of hydrogen-bond donors (Lipinski definition) is 3. The van der Waals surface area contributed by atoms with Crippen LogP contribution in [0.3, 0.4) is 0 Å². The van der Waals surface area contributed by atoms with Gasteiger partial charge in [0.05, 0.1) is 24.9 Å². The van der Waals surface area contributed by atoms with Crippen molar-refractivity contribution in [2.45, 2.75) is 19.5 Å². The Labute approximate surface area is 182 Å². The van der Waals surface area contributed by atoms with E-state index in [1.165, 1.54) is 0 Å². The minimum Gasteiger partial charge on any atom is -0.496 e. The maximum absolute atomic E-state index is 12.7. The lowest BCUT2D eigenvalue weighted by Crippen LogP contribution is -2.31. The van der Waals surface area contributed by atoms with Crippen LogP contribution in [-0.4, -0.2) is 25.5 Å². The van der Waals surface area contributed by atoms with E-state index in [4.69, 9.17) is 4.74 Å². The molecule has 2 amide bonds. The van der Waals surface area contributed by atoms with Crippen LogP contribution < -0.4 is 20.7 Å². The molecule has 0 fully saturated rings. The second-order valence-electron chi connectivity index (χ2n) is 7.11. The number of rotatable bonds is 9. The molecule has 0 saturated heterocycles. The standard InChI is InChI=1S/C25H27N3O3/c1-18(20-12-7-9-15-23(20)31-2)26-17-24(29)28-22-14-8-6-13-21(22)25(30)27-16-19-10-4-3-5-11-19/h3-15,18,26H,16-17H2,1-2H3,(H,27,30)(H,28,29)/t18-/m1/s1. The lowest BCUT2D eigenvalue weighted by molar-refractivity contribution is -0.115. The number of para-hydroxylation sites is 2. The predicted octanol–water partition coefficient (Wildman–Crippen LogP) is 3.91. The molecule has 0 unspecified atom stereocenters. The lowest BCUT2D eigenvalue weighted by atomic mass is 10.1. The van der Waals surface area contributed by atoms with E-state index in [9.17, 15) is 9.59 Å². The highest BCUT2D eigenvalue weighted by Gasteiger charge is 2.15. The van der Waals surface area contributed by atoms with E-state index in [2.05, 4.69) is 16.0 Å². The number of carbonyl (C=O) groups excluding carboxylic acids is 2. The van der Waals surface area contributed by atoms with Crippen LogP contribution in [0.5, 0.6) is 5.75 Å². The summed E-state index contributed by atoms with van der Waals surface area (Å²) < 4.78 is 5.38. The van der Waals surface area contributed by atoms with Gasteiger partial charge < -0.3 is 20.7 Å². The zero-order chi connectivity index (χ0) is 22.1. The summed E-state index contributed by atoms with van der Waals surface area (Å²) in [5.74, 6) is 0.295. The molecule has 31 heavy (non-hydrogen) atoms. The first-order valence-corrected chi connectivity index (χ1v) is 10.2. The van der Waals surface area contributed by atoms with Crippen LogP contribution in [0, 0.1) is 0 Å². The van der Waals surface area contributed by atoms with E-state index in [-0.39, 0.29) is 24.4 Å². The molecule has 0 aliphatic heterocycles. The summed E-state index contributed by atoms with van der Waals surface area (Å²) in [5, 5.41) is 8.92. The van der Waals surface area contributed by atoms with Crippen LogP contribution in [0.1, 0.15) is 34.5 Å². The van der Waals surface area contributed by atoms with Gasteiger partial charge in [0.2, 0.25) is 5.91 Å². The van der Waals surface area contributed by atoms with Crippen molar-refractivity contribution < 1.29 is 14.3 Å². The van der Waals surface area contributed by atoms with Crippen molar-refractivity contribution in [1.82, 2.24) is 10.6 Å². The highest BCUT2D eigenvalue weighted by Crippen LogP contribution is 2.24. The zero-order valence-electron chi connectivity index (χ0n) is 17.7. The van der Waals surface area contributed by atoms with Crippen molar-refractivity contribution in [3.63, 3.8) is 0 Å². The van der Waals surface area contributed by atoms with Crippen LogP contribution in [0.4, 0.5) is 5.69 Å². The monoisotopic (exact) mass is 417 g/mol. The Morgan fingerprint density at radius 1 is 0.903 bits per heavy atom. The minimum atomic E-state index is -0.241. The summed E-state index contributed by atoms with van der Waals surface area (Å²) in [7, 11) is 1.62. The summed E-state index contributed by atoms with van der Waals surface area (Å²) >= 11 is 0. The number of ether oxygens (including phenoxy) is 1. The quantitative estimate of drug-likeness (QED) is 0.493. The molecule has 3 aromatic carbocycles. The maximum atomic E-state index is 12.7. The third-order valence-electron chi connectivity index (χ3n) is 4.92. The van der Waals surface area contributed by atoms with E-state index in [0.717, 1.165) is 16.9 Å². The zero-order valence-corrected chi connectivity index (χ0v) is 17.7. The highest BCUT2D eigenvalue weighted by atomic mass is 16.5. The van der Waals surface area contributed by atoms with Gasteiger partial charge in [0, 0.05) is 18.2 Å². The fourth-order valence-corrected chi connectivity index (χ4v) is 3.24. The Balaban J connectivity index is 1.58. The van der Waals surface area contributed by atoms with Crippen LogP contribution in [-0.2, 0) is 11.3 Å². The molecule has 6 nitrogen and oxygen atoms in total. The average Bonchev–Trinajstić information content (AvgIpc) is 2.82. The summed E-state index contributed by atoms with van der Waals surface area (Å²) in [4.78, 5) is 25.2. The average molecular weight is 418 g/mol. The Kier molecular flexibility index (Phi) is 7.79. The Morgan fingerprint density at radius 2 is 1.58 bits per heavy atom. The van der Waals surface area contributed by atoms with E-state index in [1.807, 2.05) is 61.5 Å². The van der Waals surface area contributed by atoms with Crippen molar-refractivity contribution in [3.05, 3.63) is 95.6 Å². The fourth-order valence-electron chi connectivity index (χ4n) is 3.24. The van der Waals surface area contributed by atoms with Crippen LogP contribution in [0.2, 0.25) is 0 Å². The Morgan fingerprint density at radius 3 is 2.35 bits per heavy atom. The van der Waals surface area contributed by atoms with Crippen molar-refractivity contribution in [3.8, 4) is 5.75 Å². The number of nitrogens with one attached hydrogen (secondary N) is 3. The topological polar surface area (TPSA) is 79.5 Å². The summed E-state index contributed by atoms with van der Waals surface area (Å²) in [6.07, 6.45) is 0. The van der Waals surface area contributed by atoms with Crippen molar-refractivity contribution >= 4 is 17.5 Å². The number of hydrogen-bond acceptors (Lipinski definition) is 4. The smallest absolute Gasteiger partial charge is 0.253 e. The second kappa shape index (κ2) is 10.9. The first-order valence-electron chi connectivity index (χ1n) is 10.2. The van der Waals surface area contributed by atoms with E-state index in [0.29, 0.717) is 17.8 Å². The van der Waals surface area contributed by atoms with Crippen LogP contribution in [0.25, 0.3) is 0 Å². The van der Waals surface area contributed by atoms with Gasteiger partial charge in [-0.1, -0.05) is 60.7 Å². The largest absolute Gasteiger partial charge is 0.496 e. The lowest BCUT2D eigenvalue weighted by Gasteiger charge is -2.17. The molecule has 0 bridgehead atoms. The molecular formula is C25H27N3O3. The Hall–Kier alpha value is -3.64. The predicted molar refractivity (Wildman–Crippen MR) is 122 cm³/mol. The fraction of sp³-hybridized carbons (Fsp3) is 0.200. The van der Waals surface area contributed by atoms with Gasteiger partial charge in [-0.3, -0.25) is 9.59 Å². The van der Waals surface area contributed by atoms with Crippen molar-refractivity contribution in [2.75, 3.05) is 19.0 Å². The number of benzene rings is 3. The first kappa shape index (κ1) is 22.1. The number of methoxy groups -OCH3 is 1. The molecule has 0 aromatic heterocycles. The van der Waals surface area contributed by atoms with E-state index < -0.39 is 0 Å². The number of carbonyl (C=O) groups is 2. The molecular weight excluding hydrogens is 390 g/mol. The third-order valence-corrected chi connectivity index (χ3v) is 4.92. The van der Waals surface area contributed by atoms with Crippen molar-refractivity contribution in [1.29, 1.82) is 0 Å². The second-order valence-corrected chi connectivity index (χ2v) is 7.11. The van der Waals surface area contributed by atoms with Crippen LogP contribution in [0.15, 0.2) is 78.9 Å². The molecule has 3 rings (SSSR count). The van der Waals surface area contributed by atoms with Crippen LogP contribution >= 0.6 is 0 Å². The summed E-state index contributed by atoms with van der Waals surface area (Å²) in [5.41, 5.74) is 2.87. The van der Waals surface area contributed by atoms with Gasteiger partial charge in [0.25, 0.3) is 5.91 Å². The van der Waals surface area contributed by atoms with Gasteiger partial charge in [-0.05, 0) is 30.7 Å². The molecule has 0 aliphatic rings. The Bertz CT molecular complexity index is 1020. The molecule has 1 atom stereocenters. The number of amides is 2. The molecule has 3 N–H and O–H groups in total. The SMILES string of the molecule is COc1ccccc1[C@@H](C)NCC(=O)Nc1ccccc1C(=O)NCc1ccccc1. The van der Waals surface area contributed by atoms with Crippen molar-refractivity contribution in [2.24, 2.45) is 0 Å². The van der Waals surface area contributed by atoms with Gasteiger partial charge in [0.1, 0.15) is 5.75 Å². The van der Waals surface area contributed by atoms with Gasteiger partial charge in [0.15, 0.2) is 0 Å². The summed E-state index contributed by atoms with van der Waals surface area (Å²) in [6.45, 7) is 2.48. The summed E-state index contributed by atoms with van der Waals surface area (Å²) in [6, 6.07) is 24.3. The normalized spacial score (nSPS) is 11.4. The minimum absolute atomic E-state index is 0.0775. The molecule has 160 valence electrons. The van der Waals surface area contributed by atoms with Gasteiger partial charge in [-0.15, -0.1) is 0 Å². The van der Waals surface area contributed by atoms with E-state index in [1.54, 1.807) is 31.4 Å². The third kappa shape index (κ3) is 6.17. The maximum Gasteiger partial charge on any atom is 0.253 e. The number of anilines is 1. The molecule has 0 radical (unpaired) electrons. The highest BCUT2D eigenvalue weighted by molar-refractivity contribution is 6.04. The van der Waals surface area contributed by atoms with Gasteiger partial charge in [-0.2, -0.15) is 0 Å². The molecule has 0 aliphatic carbocycles. The molecule has 0 saturated carbocycles. The molecule has 0 spiro atoms. The first-order chi connectivity index (χ1) is 15.1. The molecule has 6 heteroatoms. The molecule has 3 aromatic rings. The molecule has 0 heterocycles. The van der Waals surface area contributed by atoms with Gasteiger partial charge in [-0.25, -0.2) is 0 Å². The van der Waals surface area contributed by atoms with Gasteiger partial charge >= 0.3 is 0 Å².